The minimum absolute atomic E-state index is 0.353. The lowest BCUT2D eigenvalue weighted by atomic mass is 10.0. The van der Waals surface area contributed by atoms with Crippen LogP contribution in [0.25, 0.3) is 0 Å². The van der Waals surface area contributed by atoms with Crippen LogP contribution in [-0.2, 0) is 0 Å². The summed E-state index contributed by atoms with van der Waals surface area (Å²) in [6.45, 7) is 4.67. The topological polar surface area (TPSA) is 20.2 Å². The first-order valence-electron chi connectivity index (χ1n) is 4.42. The molecule has 1 atom stereocenters. The molecule has 0 aromatic heterocycles. The first-order valence-corrected chi connectivity index (χ1v) is 4.42. The van der Waals surface area contributed by atoms with Crippen molar-refractivity contribution in [3.8, 4) is 0 Å². The Labute approximate surface area is 64.5 Å². The van der Waals surface area contributed by atoms with E-state index in [4.69, 9.17) is 5.11 Å². The summed E-state index contributed by atoms with van der Waals surface area (Å²) in [5, 5.41) is 8.69. The lowest BCUT2D eigenvalue weighted by molar-refractivity contribution is 0.227. The summed E-state index contributed by atoms with van der Waals surface area (Å²) >= 11 is 0. The Bertz CT molecular complexity index is 61.7. The molecule has 1 heteroatoms. The molecule has 0 aromatic rings. The van der Waals surface area contributed by atoms with Gasteiger partial charge in [0.1, 0.15) is 0 Å². The van der Waals surface area contributed by atoms with E-state index in [2.05, 4.69) is 13.8 Å². The van der Waals surface area contributed by atoms with E-state index in [1.165, 1.54) is 32.1 Å². The van der Waals surface area contributed by atoms with Crippen LogP contribution in [-0.4, -0.2) is 11.7 Å². The van der Waals surface area contributed by atoms with Gasteiger partial charge in [0.15, 0.2) is 0 Å². The molecule has 0 aliphatic rings. The van der Waals surface area contributed by atoms with Crippen molar-refractivity contribution in [1.29, 1.82) is 0 Å². The summed E-state index contributed by atoms with van der Waals surface area (Å²) in [6, 6.07) is 0. The molecule has 1 nitrogen and oxygen atoms in total. The third kappa shape index (κ3) is 6.09. The van der Waals surface area contributed by atoms with E-state index in [0.717, 1.165) is 0 Å². The number of aliphatic hydroxyl groups excluding tert-OH is 1. The van der Waals surface area contributed by atoms with Crippen molar-refractivity contribution in [2.45, 2.75) is 46.0 Å². The first kappa shape index (κ1) is 9.96. The van der Waals surface area contributed by atoms with Crippen molar-refractivity contribution in [3.05, 3.63) is 0 Å². The second-order valence-electron chi connectivity index (χ2n) is 3.14. The molecule has 0 rings (SSSR count). The van der Waals surface area contributed by atoms with Crippen molar-refractivity contribution in [2.75, 3.05) is 6.61 Å². The predicted octanol–water partition coefficient (Wildman–Crippen LogP) is 2.59. The van der Waals surface area contributed by atoms with Crippen molar-refractivity contribution in [2.24, 2.45) is 5.92 Å². The molecule has 0 heterocycles. The van der Waals surface area contributed by atoms with Gasteiger partial charge >= 0.3 is 0 Å². The molecule has 0 saturated carbocycles. The maximum atomic E-state index is 8.69. The minimum Gasteiger partial charge on any atom is -0.396 e. The fourth-order valence-electron chi connectivity index (χ4n) is 1.01. The lowest BCUT2D eigenvalue weighted by Gasteiger charge is -2.05. The summed E-state index contributed by atoms with van der Waals surface area (Å²) in [4.78, 5) is 0. The van der Waals surface area contributed by atoms with Crippen molar-refractivity contribution >= 4 is 0 Å². The Morgan fingerprint density at radius 3 is 2.40 bits per heavy atom. The van der Waals surface area contributed by atoms with Gasteiger partial charge in [0.05, 0.1) is 0 Å². The number of hydrogen-bond acceptors (Lipinski definition) is 1. The number of hydrogen-bond donors (Lipinski definition) is 1. The molecular weight excluding hydrogens is 124 g/mol. The summed E-state index contributed by atoms with van der Waals surface area (Å²) < 4.78 is 0. The quantitative estimate of drug-likeness (QED) is 0.568. The monoisotopic (exact) mass is 144 g/mol. The predicted molar refractivity (Wildman–Crippen MR) is 45.0 cm³/mol. The zero-order valence-electron chi connectivity index (χ0n) is 7.27. The van der Waals surface area contributed by atoms with Gasteiger partial charge in [-0.15, -0.1) is 0 Å². The van der Waals surface area contributed by atoms with Gasteiger partial charge in [-0.2, -0.15) is 0 Å². The second kappa shape index (κ2) is 7.07. The highest BCUT2D eigenvalue weighted by atomic mass is 16.3. The molecule has 1 unspecified atom stereocenters. The molecule has 0 spiro atoms. The maximum Gasteiger partial charge on any atom is 0.0456 e. The van der Waals surface area contributed by atoms with Crippen molar-refractivity contribution in [3.63, 3.8) is 0 Å². The maximum absolute atomic E-state index is 8.69. The third-order valence-corrected chi connectivity index (χ3v) is 1.86. The van der Waals surface area contributed by atoms with E-state index in [9.17, 15) is 0 Å². The molecule has 0 aliphatic carbocycles. The molecule has 1 N–H and O–H groups in total. The standard InChI is InChI=1S/C9H20O/c1-3-4-5-6-7-9(2)8-10/h9-10H,3-8H2,1-2H3. The highest BCUT2D eigenvalue weighted by Gasteiger charge is 1.97. The number of aliphatic hydroxyl groups is 1. The summed E-state index contributed by atoms with van der Waals surface area (Å²) in [5.74, 6) is 0.511. The lowest BCUT2D eigenvalue weighted by Crippen LogP contribution is -1.99. The van der Waals surface area contributed by atoms with Gasteiger partial charge < -0.3 is 5.11 Å². The smallest absolute Gasteiger partial charge is 0.0456 e. The highest BCUT2D eigenvalue weighted by molar-refractivity contribution is 4.50. The average molecular weight is 144 g/mol. The summed E-state index contributed by atoms with van der Waals surface area (Å²) in [7, 11) is 0. The Balaban J connectivity index is 2.89. The van der Waals surface area contributed by atoms with E-state index in [1.54, 1.807) is 0 Å². The van der Waals surface area contributed by atoms with E-state index >= 15 is 0 Å². The minimum atomic E-state index is 0.353. The molecule has 10 heavy (non-hydrogen) atoms. The molecule has 62 valence electrons. The molecule has 0 radical (unpaired) electrons. The van der Waals surface area contributed by atoms with E-state index in [0.29, 0.717) is 12.5 Å². The van der Waals surface area contributed by atoms with Crippen LogP contribution < -0.4 is 0 Å². The molecule has 0 aliphatic heterocycles. The van der Waals surface area contributed by atoms with E-state index in [1.807, 2.05) is 0 Å². The average Bonchev–Trinajstić information content (AvgIpc) is 1.98. The zero-order chi connectivity index (χ0) is 7.82. The summed E-state index contributed by atoms with van der Waals surface area (Å²) in [6.07, 6.45) is 6.46. The zero-order valence-corrected chi connectivity index (χ0v) is 7.27. The van der Waals surface area contributed by atoms with Gasteiger partial charge in [-0.25, -0.2) is 0 Å². The van der Waals surface area contributed by atoms with Gasteiger partial charge in [0.25, 0.3) is 0 Å². The van der Waals surface area contributed by atoms with Gasteiger partial charge in [0, 0.05) is 6.61 Å². The van der Waals surface area contributed by atoms with Gasteiger partial charge in [0.2, 0.25) is 0 Å². The van der Waals surface area contributed by atoms with Crippen LogP contribution in [0.15, 0.2) is 0 Å². The normalized spacial score (nSPS) is 13.5. The molecule has 0 saturated heterocycles. The number of unbranched alkanes of at least 4 members (excludes halogenated alkanes) is 3. The highest BCUT2D eigenvalue weighted by Crippen LogP contribution is 2.08. The van der Waals surface area contributed by atoms with Crippen LogP contribution in [0.5, 0.6) is 0 Å². The van der Waals surface area contributed by atoms with Crippen LogP contribution in [0.3, 0.4) is 0 Å². The first-order chi connectivity index (χ1) is 4.81. The van der Waals surface area contributed by atoms with Crippen molar-refractivity contribution in [1.82, 2.24) is 0 Å². The second-order valence-corrected chi connectivity index (χ2v) is 3.14. The molecule has 0 aromatic carbocycles. The van der Waals surface area contributed by atoms with E-state index < -0.39 is 0 Å². The van der Waals surface area contributed by atoms with Crippen LogP contribution in [0.4, 0.5) is 0 Å². The molecule has 0 amide bonds. The van der Waals surface area contributed by atoms with E-state index in [-0.39, 0.29) is 0 Å². The Morgan fingerprint density at radius 2 is 1.90 bits per heavy atom. The third-order valence-electron chi connectivity index (χ3n) is 1.86. The van der Waals surface area contributed by atoms with Gasteiger partial charge in [-0.1, -0.05) is 39.5 Å². The van der Waals surface area contributed by atoms with Crippen LogP contribution in [0, 0.1) is 5.92 Å². The fourth-order valence-corrected chi connectivity index (χ4v) is 1.01. The molecule has 0 bridgehead atoms. The largest absolute Gasteiger partial charge is 0.396 e. The summed E-state index contributed by atoms with van der Waals surface area (Å²) in [5.41, 5.74) is 0. The number of rotatable bonds is 6. The van der Waals surface area contributed by atoms with Crippen LogP contribution >= 0.6 is 0 Å². The van der Waals surface area contributed by atoms with Crippen molar-refractivity contribution < 1.29 is 5.11 Å². The Kier molecular flexibility index (Phi) is 7.04. The van der Waals surface area contributed by atoms with Crippen LogP contribution in [0.2, 0.25) is 0 Å². The van der Waals surface area contributed by atoms with Gasteiger partial charge in [-0.3, -0.25) is 0 Å². The Morgan fingerprint density at radius 1 is 1.20 bits per heavy atom. The Hall–Kier alpha value is -0.0400. The molecular formula is C9H20O. The van der Waals surface area contributed by atoms with Crippen LogP contribution in [0.1, 0.15) is 46.0 Å². The molecule has 0 fully saturated rings. The fraction of sp³-hybridized carbons (Fsp3) is 1.00. The van der Waals surface area contributed by atoms with Gasteiger partial charge in [-0.05, 0) is 12.3 Å². The SMILES string of the molecule is CCCCCCC(C)CO.